The van der Waals surface area contributed by atoms with E-state index < -0.39 is 12.2 Å². The number of piperazine rings is 1. The normalized spacial score (nSPS) is 19.4. The molecule has 1 fully saturated rings. The van der Waals surface area contributed by atoms with E-state index in [2.05, 4.69) is 37.2 Å². The van der Waals surface area contributed by atoms with Crippen molar-refractivity contribution < 1.29 is 13.2 Å². The smallest absolute Gasteiger partial charge is 0.314 e. The molecule has 7 heteroatoms. The molecule has 1 aliphatic rings. The SMILES string of the molecule is FC(F)(F)[C@@H](c1cc(Br)ccc1Br)N1CCNCC1. The van der Waals surface area contributed by atoms with Gasteiger partial charge in [-0.25, -0.2) is 0 Å². The Morgan fingerprint density at radius 3 is 2.37 bits per heavy atom. The first kappa shape index (κ1) is 15.3. The number of rotatable bonds is 2. The third-order valence-electron chi connectivity index (χ3n) is 3.08. The van der Waals surface area contributed by atoms with Crippen LogP contribution in [0.1, 0.15) is 11.6 Å². The zero-order valence-corrected chi connectivity index (χ0v) is 13.1. The van der Waals surface area contributed by atoms with Crippen molar-refractivity contribution in [2.24, 2.45) is 0 Å². The largest absolute Gasteiger partial charge is 0.408 e. The Labute approximate surface area is 126 Å². The maximum absolute atomic E-state index is 13.4. The van der Waals surface area contributed by atoms with Crippen LogP contribution in [0.2, 0.25) is 0 Å². The summed E-state index contributed by atoms with van der Waals surface area (Å²) in [5.74, 6) is 0. The van der Waals surface area contributed by atoms with Crippen LogP contribution >= 0.6 is 31.9 Å². The van der Waals surface area contributed by atoms with Gasteiger partial charge in [0.1, 0.15) is 6.04 Å². The molecule has 0 aliphatic carbocycles. The summed E-state index contributed by atoms with van der Waals surface area (Å²) in [7, 11) is 0. The Morgan fingerprint density at radius 2 is 1.79 bits per heavy atom. The van der Waals surface area contributed by atoms with E-state index in [1.54, 1.807) is 12.1 Å². The van der Waals surface area contributed by atoms with E-state index in [1.807, 2.05) is 0 Å². The summed E-state index contributed by atoms with van der Waals surface area (Å²) < 4.78 is 41.3. The minimum absolute atomic E-state index is 0.253. The van der Waals surface area contributed by atoms with Crippen LogP contribution in [0, 0.1) is 0 Å². The highest BCUT2D eigenvalue weighted by molar-refractivity contribution is 9.11. The van der Waals surface area contributed by atoms with Crippen LogP contribution in [0.25, 0.3) is 0 Å². The molecule has 0 radical (unpaired) electrons. The molecule has 1 aromatic rings. The van der Waals surface area contributed by atoms with Crippen molar-refractivity contribution in [3.63, 3.8) is 0 Å². The first-order valence-electron chi connectivity index (χ1n) is 5.86. The van der Waals surface area contributed by atoms with Crippen molar-refractivity contribution in [2.45, 2.75) is 12.2 Å². The van der Waals surface area contributed by atoms with Crippen LogP contribution < -0.4 is 5.32 Å². The first-order valence-corrected chi connectivity index (χ1v) is 7.44. The van der Waals surface area contributed by atoms with Crippen LogP contribution in [0.5, 0.6) is 0 Å². The maximum atomic E-state index is 13.4. The molecule has 1 aliphatic heterocycles. The molecule has 2 rings (SSSR count). The summed E-state index contributed by atoms with van der Waals surface area (Å²) in [5, 5.41) is 3.07. The number of halogens is 5. The Balaban J connectivity index is 2.39. The molecule has 2 nitrogen and oxygen atoms in total. The van der Waals surface area contributed by atoms with E-state index in [1.165, 1.54) is 11.0 Å². The van der Waals surface area contributed by atoms with Gasteiger partial charge in [-0.2, -0.15) is 13.2 Å². The molecular weight excluding hydrogens is 389 g/mol. The van der Waals surface area contributed by atoms with Gasteiger partial charge in [-0.3, -0.25) is 4.90 Å². The third kappa shape index (κ3) is 3.71. The van der Waals surface area contributed by atoms with E-state index >= 15 is 0 Å². The van der Waals surface area contributed by atoms with Gasteiger partial charge in [0, 0.05) is 35.1 Å². The number of alkyl halides is 3. The quantitative estimate of drug-likeness (QED) is 0.812. The lowest BCUT2D eigenvalue weighted by molar-refractivity contribution is -0.188. The molecule has 0 aromatic heterocycles. The number of nitrogens with one attached hydrogen (secondary N) is 1. The van der Waals surface area contributed by atoms with Crippen molar-refractivity contribution in [1.82, 2.24) is 10.2 Å². The molecule has 0 saturated carbocycles. The standard InChI is InChI=1S/C12H13Br2F3N2/c13-8-1-2-10(14)9(7-8)11(12(15,16)17)19-5-3-18-4-6-19/h1-2,7,11,18H,3-6H2/t11-/m1/s1. The molecule has 0 amide bonds. The fraction of sp³-hybridized carbons (Fsp3) is 0.500. The lowest BCUT2D eigenvalue weighted by Gasteiger charge is -2.36. The monoisotopic (exact) mass is 400 g/mol. The maximum Gasteiger partial charge on any atom is 0.408 e. The Morgan fingerprint density at radius 1 is 1.16 bits per heavy atom. The van der Waals surface area contributed by atoms with E-state index in [4.69, 9.17) is 0 Å². The lowest BCUT2D eigenvalue weighted by Crippen LogP contribution is -2.49. The average Bonchev–Trinajstić information content (AvgIpc) is 2.33. The van der Waals surface area contributed by atoms with Crippen molar-refractivity contribution in [2.75, 3.05) is 26.2 Å². The molecule has 106 valence electrons. The summed E-state index contributed by atoms with van der Waals surface area (Å²) in [4.78, 5) is 1.48. The first-order chi connectivity index (χ1) is 8.89. The Bertz CT molecular complexity index is 445. The molecule has 1 aromatic carbocycles. The molecule has 0 bridgehead atoms. The summed E-state index contributed by atoms with van der Waals surface area (Å²) in [5.41, 5.74) is 0.253. The van der Waals surface area contributed by atoms with Crippen LogP contribution in [0.3, 0.4) is 0 Å². The summed E-state index contributed by atoms with van der Waals surface area (Å²) in [6.07, 6.45) is -4.29. The van der Waals surface area contributed by atoms with Gasteiger partial charge in [0.25, 0.3) is 0 Å². The lowest BCUT2D eigenvalue weighted by atomic mass is 10.0. The van der Waals surface area contributed by atoms with E-state index in [-0.39, 0.29) is 5.56 Å². The predicted octanol–water partition coefficient (Wildman–Crippen LogP) is 3.72. The molecular formula is C12H13Br2F3N2. The topological polar surface area (TPSA) is 15.3 Å². The highest BCUT2D eigenvalue weighted by Gasteiger charge is 2.45. The number of hydrogen-bond acceptors (Lipinski definition) is 2. The second kappa shape index (κ2) is 6.11. The van der Waals surface area contributed by atoms with Crippen molar-refractivity contribution in [1.29, 1.82) is 0 Å². The van der Waals surface area contributed by atoms with Gasteiger partial charge in [-0.1, -0.05) is 31.9 Å². The molecule has 19 heavy (non-hydrogen) atoms. The highest BCUT2D eigenvalue weighted by Crippen LogP contribution is 2.41. The van der Waals surface area contributed by atoms with E-state index in [0.717, 1.165) is 0 Å². The minimum Gasteiger partial charge on any atom is -0.314 e. The van der Waals surface area contributed by atoms with Gasteiger partial charge >= 0.3 is 6.18 Å². The molecule has 1 atom stereocenters. The Kier molecular flexibility index (Phi) is 4.92. The van der Waals surface area contributed by atoms with Crippen LogP contribution in [0.15, 0.2) is 27.1 Å². The van der Waals surface area contributed by atoms with Crippen molar-refractivity contribution in [3.8, 4) is 0 Å². The number of nitrogens with zero attached hydrogens (tertiary/aromatic N) is 1. The summed E-state index contributed by atoms with van der Waals surface area (Å²) in [6.45, 7) is 1.95. The fourth-order valence-electron chi connectivity index (χ4n) is 2.24. The fourth-order valence-corrected chi connectivity index (χ4v) is 3.09. The summed E-state index contributed by atoms with van der Waals surface area (Å²) >= 11 is 6.46. The second-order valence-corrected chi connectivity index (χ2v) is 6.17. The van der Waals surface area contributed by atoms with Crippen LogP contribution in [0.4, 0.5) is 13.2 Å². The number of hydrogen-bond donors (Lipinski definition) is 1. The van der Waals surface area contributed by atoms with Crippen LogP contribution in [-0.2, 0) is 0 Å². The molecule has 0 spiro atoms. The van der Waals surface area contributed by atoms with Gasteiger partial charge in [-0.05, 0) is 23.8 Å². The van der Waals surface area contributed by atoms with Crippen molar-refractivity contribution >= 4 is 31.9 Å². The van der Waals surface area contributed by atoms with Gasteiger partial charge < -0.3 is 5.32 Å². The van der Waals surface area contributed by atoms with E-state index in [0.29, 0.717) is 35.1 Å². The number of benzene rings is 1. The summed E-state index contributed by atoms with van der Waals surface area (Å²) in [6, 6.07) is 3.32. The minimum atomic E-state index is -4.29. The molecule has 1 saturated heterocycles. The van der Waals surface area contributed by atoms with Gasteiger partial charge in [0.05, 0.1) is 0 Å². The van der Waals surface area contributed by atoms with Gasteiger partial charge in [0.2, 0.25) is 0 Å². The van der Waals surface area contributed by atoms with E-state index in [9.17, 15) is 13.2 Å². The van der Waals surface area contributed by atoms with Gasteiger partial charge in [-0.15, -0.1) is 0 Å². The second-order valence-electron chi connectivity index (χ2n) is 4.40. The van der Waals surface area contributed by atoms with Crippen molar-refractivity contribution in [3.05, 3.63) is 32.7 Å². The average molecular weight is 402 g/mol. The Hall–Kier alpha value is -0.110. The predicted molar refractivity (Wildman–Crippen MR) is 75.1 cm³/mol. The molecule has 1 heterocycles. The highest BCUT2D eigenvalue weighted by atomic mass is 79.9. The van der Waals surface area contributed by atoms with Gasteiger partial charge in [0.15, 0.2) is 0 Å². The molecule has 0 unspecified atom stereocenters. The van der Waals surface area contributed by atoms with Crippen LogP contribution in [-0.4, -0.2) is 37.3 Å². The zero-order chi connectivity index (χ0) is 14.0. The third-order valence-corrected chi connectivity index (χ3v) is 4.29. The zero-order valence-electron chi connectivity index (χ0n) is 9.97. The molecule has 1 N–H and O–H groups in total.